The molecule has 0 fully saturated rings. The van der Waals surface area contributed by atoms with Crippen molar-refractivity contribution in [2.45, 2.75) is 13.5 Å². The molecular formula is C17H18N2O2. The van der Waals surface area contributed by atoms with Crippen LogP contribution in [-0.4, -0.2) is 17.5 Å². The summed E-state index contributed by atoms with van der Waals surface area (Å²) in [5.74, 6) is 0.663. The summed E-state index contributed by atoms with van der Waals surface area (Å²) in [6, 6.07) is 13.2. The minimum Gasteiger partial charge on any atom is -0.494 e. The van der Waals surface area contributed by atoms with Crippen LogP contribution < -0.4 is 10.1 Å². The molecule has 0 saturated carbocycles. The summed E-state index contributed by atoms with van der Waals surface area (Å²) in [7, 11) is 0. The van der Waals surface area contributed by atoms with Crippen molar-refractivity contribution >= 4 is 12.0 Å². The Balaban J connectivity index is 1.86. The Labute approximate surface area is 124 Å². The summed E-state index contributed by atoms with van der Waals surface area (Å²) in [5, 5.41) is 2.83. The topological polar surface area (TPSA) is 51.2 Å². The number of amides is 1. The van der Waals surface area contributed by atoms with Gasteiger partial charge in [0.1, 0.15) is 5.75 Å². The molecule has 1 amide bonds. The average Bonchev–Trinajstić information content (AvgIpc) is 2.53. The minimum absolute atomic E-state index is 0.150. The van der Waals surface area contributed by atoms with Gasteiger partial charge in [-0.15, -0.1) is 0 Å². The Kier molecular flexibility index (Phi) is 5.52. The second kappa shape index (κ2) is 7.85. The standard InChI is InChI=1S/C17H18N2O2/c1-2-21-16-8-5-6-14(12-16)13-19-17(20)10-9-15-7-3-4-11-18-15/h3-12H,2,13H2,1H3,(H,19,20)/b10-9+. The van der Waals surface area contributed by atoms with Gasteiger partial charge in [0.2, 0.25) is 5.91 Å². The highest BCUT2D eigenvalue weighted by molar-refractivity contribution is 5.91. The molecule has 1 heterocycles. The van der Waals surface area contributed by atoms with Crippen LogP contribution in [0.1, 0.15) is 18.2 Å². The first-order chi connectivity index (χ1) is 10.3. The maximum absolute atomic E-state index is 11.7. The summed E-state index contributed by atoms with van der Waals surface area (Å²) in [6.07, 6.45) is 4.86. The van der Waals surface area contributed by atoms with Crippen molar-refractivity contribution in [1.29, 1.82) is 0 Å². The number of nitrogens with one attached hydrogen (secondary N) is 1. The van der Waals surface area contributed by atoms with Crippen LogP contribution in [-0.2, 0) is 11.3 Å². The molecule has 21 heavy (non-hydrogen) atoms. The van der Waals surface area contributed by atoms with E-state index in [1.54, 1.807) is 12.3 Å². The first-order valence-electron chi connectivity index (χ1n) is 6.86. The van der Waals surface area contributed by atoms with Gasteiger partial charge in [-0.2, -0.15) is 0 Å². The van der Waals surface area contributed by atoms with Crippen molar-refractivity contribution in [2.24, 2.45) is 0 Å². The van der Waals surface area contributed by atoms with Gasteiger partial charge in [0.05, 0.1) is 12.3 Å². The smallest absolute Gasteiger partial charge is 0.244 e. The zero-order chi connectivity index (χ0) is 14.9. The van der Waals surface area contributed by atoms with Crippen molar-refractivity contribution in [1.82, 2.24) is 10.3 Å². The molecule has 4 heteroatoms. The van der Waals surface area contributed by atoms with Crippen LogP contribution >= 0.6 is 0 Å². The van der Waals surface area contributed by atoms with E-state index in [0.717, 1.165) is 17.0 Å². The number of hydrogen-bond acceptors (Lipinski definition) is 3. The van der Waals surface area contributed by atoms with Gasteiger partial charge in [-0.05, 0) is 42.8 Å². The fraction of sp³-hybridized carbons (Fsp3) is 0.176. The molecule has 0 atom stereocenters. The predicted octanol–water partition coefficient (Wildman–Crippen LogP) is 2.81. The molecule has 2 aromatic rings. The monoisotopic (exact) mass is 282 g/mol. The van der Waals surface area contributed by atoms with Crippen LogP contribution in [0.15, 0.2) is 54.7 Å². The Morgan fingerprint density at radius 2 is 2.19 bits per heavy atom. The second-order valence-electron chi connectivity index (χ2n) is 4.39. The number of carbonyl (C=O) groups excluding carboxylic acids is 1. The quantitative estimate of drug-likeness (QED) is 0.829. The summed E-state index contributed by atoms with van der Waals surface area (Å²) >= 11 is 0. The SMILES string of the molecule is CCOc1cccc(CNC(=O)/C=C/c2ccccn2)c1. The lowest BCUT2D eigenvalue weighted by Gasteiger charge is -2.06. The molecule has 0 unspecified atom stereocenters. The van der Waals surface area contributed by atoms with E-state index in [4.69, 9.17) is 4.74 Å². The molecule has 0 spiro atoms. The van der Waals surface area contributed by atoms with Crippen molar-refractivity contribution in [2.75, 3.05) is 6.61 Å². The maximum Gasteiger partial charge on any atom is 0.244 e. The number of pyridine rings is 1. The molecule has 0 aliphatic rings. The largest absolute Gasteiger partial charge is 0.494 e. The van der Waals surface area contributed by atoms with Crippen LogP contribution in [0.5, 0.6) is 5.75 Å². The second-order valence-corrected chi connectivity index (χ2v) is 4.39. The van der Waals surface area contributed by atoms with Gasteiger partial charge in [-0.1, -0.05) is 18.2 Å². The molecule has 4 nitrogen and oxygen atoms in total. The van der Waals surface area contributed by atoms with E-state index >= 15 is 0 Å². The average molecular weight is 282 g/mol. The zero-order valence-corrected chi connectivity index (χ0v) is 12.0. The fourth-order valence-electron chi connectivity index (χ4n) is 1.80. The maximum atomic E-state index is 11.7. The summed E-state index contributed by atoms with van der Waals surface area (Å²) in [4.78, 5) is 15.9. The van der Waals surface area contributed by atoms with Crippen molar-refractivity contribution in [3.05, 3.63) is 66.0 Å². The third-order valence-electron chi connectivity index (χ3n) is 2.77. The minimum atomic E-state index is -0.150. The Morgan fingerprint density at radius 1 is 1.29 bits per heavy atom. The number of aromatic nitrogens is 1. The number of nitrogens with zero attached hydrogens (tertiary/aromatic N) is 1. The summed E-state index contributed by atoms with van der Waals surface area (Å²) < 4.78 is 5.42. The molecule has 0 aliphatic carbocycles. The predicted molar refractivity (Wildman–Crippen MR) is 82.7 cm³/mol. The molecule has 1 aromatic carbocycles. The van der Waals surface area contributed by atoms with Gasteiger partial charge in [0, 0.05) is 18.8 Å². The molecule has 108 valence electrons. The number of ether oxygens (including phenoxy) is 1. The van der Waals surface area contributed by atoms with Crippen molar-refractivity contribution in [3.63, 3.8) is 0 Å². The molecule has 1 N–H and O–H groups in total. The lowest BCUT2D eigenvalue weighted by Crippen LogP contribution is -2.20. The number of rotatable bonds is 6. The van der Waals surface area contributed by atoms with E-state index in [-0.39, 0.29) is 5.91 Å². The highest BCUT2D eigenvalue weighted by Gasteiger charge is 1.99. The van der Waals surface area contributed by atoms with E-state index in [2.05, 4.69) is 10.3 Å². The van der Waals surface area contributed by atoms with Gasteiger partial charge >= 0.3 is 0 Å². The molecule has 0 bridgehead atoms. The summed E-state index contributed by atoms with van der Waals surface area (Å²) in [6.45, 7) is 3.03. The third-order valence-corrected chi connectivity index (χ3v) is 2.77. The molecular weight excluding hydrogens is 264 g/mol. The van der Waals surface area contributed by atoms with E-state index in [9.17, 15) is 4.79 Å². The Morgan fingerprint density at radius 3 is 2.95 bits per heavy atom. The van der Waals surface area contributed by atoms with Gasteiger partial charge in [0.25, 0.3) is 0 Å². The number of carbonyl (C=O) groups is 1. The summed E-state index contributed by atoms with van der Waals surface area (Å²) in [5.41, 5.74) is 1.76. The first kappa shape index (κ1) is 14.8. The lowest BCUT2D eigenvalue weighted by molar-refractivity contribution is -0.116. The third kappa shape index (κ3) is 5.10. The molecule has 1 aromatic heterocycles. The van der Waals surface area contributed by atoms with Gasteiger partial charge in [-0.3, -0.25) is 9.78 Å². The van der Waals surface area contributed by atoms with E-state index < -0.39 is 0 Å². The Bertz CT molecular complexity index is 609. The highest BCUT2D eigenvalue weighted by Crippen LogP contribution is 2.12. The van der Waals surface area contributed by atoms with E-state index in [1.165, 1.54) is 6.08 Å². The highest BCUT2D eigenvalue weighted by atomic mass is 16.5. The fourth-order valence-corrected chi connectivity index (χ4v) is 1.80. The van der Waals surface area contributed by atoms with Gasteiger partial charge < -0.3 is 10.1 Å². The number of benzene rings is 1. The lowest BCUT2D eigenvalue weighted by atomic mass is 10.2. The van der Waals surface area contributed by atoms with Gasteiger partial charge in [-0.25, -0.2) is 0 Å². The normalized spacial score (nSPS) is 10.5. The van der Waals surface area contributed by atoms with Crippen LogP contribution in [0, 0.1) is 0 Å². The van der Waals surface area contributed by atoms with E-state index in [0.29, 0.717) is 13.2 Å². The molecule has 0 saturated heterocycles. The number of hydrogen-bond donors (Lipinski definition) is 1. The van der Waals surface area contributed by atoms with Gasteiger partial charge in [0.15, 0.2) is 0 Å². The first-order valence-corrected chi connectivity index (χ1v) is 6.86. The molecule has 0 aliphatic heterocycles. The van der Waals surface area contributed by atoms with Crippen LogP contribution in [0.3, 0.4) is 0 Å². The molecule has 2 rings (SSSR count). The van der Waals surface area contributed by atoms with Crippen LogP contribution in [0.2, 0.25) is 0 Å². The van der Waals surface area contributed by atoms with Crippen molar-refractivity contribution in [3.8, 4) is 5.75 Å². The zero-order valence-electron chi connectivity index (χ0n) is 12.0. The van der Waals surface area contributed by atoms with E-state index in [1.807, 2.05) is 49.4 Å². The Hall–Kier alpha value is -2.62. The van der Waals surface area contributed by atoms with Crippen molar-refractivity contribution < 1.29 is 9.53 Å². The van der Waals surface area contributed by atoms with Crippen LogP contribution in [0.4, 0.5) is 0 Å². The van der Waals surface area contributed by atoms with Crippen LogP contribution in [0.25, 0.3) is 6.08 Å². The molecule has 0 radical (unpaired) electrons.